The molecule has 4 nitrogen and oxygen atoms in total. The molecule has 0 N–H and O–H groups in total. The molecule has 1 aromatic heterocycles. The number of fused-ring (bicyclic) bond motifs is 1. The van der Waals surface area contributed by atoms with Crippen LogP contribution in [0.15, 0.2) is 53.5 Å². The van der Waals surface area contributed by atoms with Gasteiger partial charge in [0.05, 0.1) is 11.3 Å². The molecule has 0 bridgehead atoms. The Hall–Kier alpha value is -2.37. The van der Waals surface area contributed by atoms with Gasteiger partial charge in [0.1, 0.15) is 11.3 Å². The van der Waals surface area contributed by atoms with Gasteiger partial charge in [-0.25, -0.2) is 0 Å². The number of carbonyl (C=O) groups excluding carboxylic acids is 1. The Morgan fingerprint density at radius 1 is 1.28 bits per heavy atom. The Kier molecular flexibility index (Phi) is 5.36. The number of rotatable bonds is 4. The number of amides is 1. The van der Waals surface area contributed by atoms with Crippen molar-refractivity contribution in [1.82, 2.24) is 4.57 Å². The zero-order valence-corrected chi connectivity index (χ0v) is 15.5. The average Bonchev–Trinajstić information content (AvgIpc) is 2.91. The van der Waals surface area contributed by atoms with Crippen LogP contribution >= 0.6 is 22.9 Å². The molecule has 25 heavy (non-hydrogen) atoms. The zero-order chi connectivity index (χ0) is 17.8. The van der Waals surface area contributed by atoms with Crippen molar-refractivity contribution >= 4 is 45.1 Å². The molecule has 0 fully saturated rings. The van der Waals surface area contributed by atoms with Crippen molar-refractivity contribution in [3.05, 3.63) is 63.9 Å². The molecule has 0 radical (unpaired) electrons. The van der Waals surface area contributed by atoms with E-state index in [4.69, 9.17) is 16.3 Å². The summed E-state index contributed by atoms with van der Waals surface area (Å²) in [7, 11) is 1.88. The van der Waals surface area contributed by atoms with Gasteiger partial charge in [0.25, 0.3) is 5.91 Å². The third-order valence-electron chi connectivity index (χ3n) is 3.60. The van der Waals surface area contributed by atoms with E-state index in [1.807, 2.05) is 54.9 Å². The molecule has 1 heterocycles. The number of ether oxygens (including phenoxy) is 1. The first kappa shape index (κ1) is 17.5. The van der Waals surface area contributed by atoms with Crippen LogP contribution < -0.4 is 9.54 Å². The number of halogens is 1. The van der Waals surface area contributed by atoms with Crippen molar-refractivity contribution in [2.24, 2.45) is 12.0 Å². The maximum absolute atomic E-state index is 12.2. The Labute approximate surface area is 154 Å². The second kappa shape index (κ2) is 7.68. The first-order valence-electron chi connectivity index (χ1n) is 7.82. The standard InChI is InChI=1S/C19H17ClN2O2S/c1-3-24-15-9-6-10-16-18(15)22(2)19(25-16)21-17(23)12-11-13-7-4-5-8-14(13)20/h4-12H,3H2,1-2H3. The molecule has 0 aliphatic carbocycles. The van der Waals surface area contributed by atoms with Crippen LogP contribution in [0.1, 0.15) is 12.5 Å². The normalized spacial score (nSPS) is 12.2. The quantitative estimate of drug-likeness (QED) is 0.636. The summed E-state index contributed by atoms with van der Waals surface area (Å²) in [5.74, 6) is 0.458. The SMILES string of the molecule is CCOc1cccc2sc(=NC(=O)C=Cc3ccccc3Cl)n(C)c12. The summed E-state index contributed by atoms with van der Waals surface area (Å²) in [6, 6.07) is 13.2. The van der Waals surface area contributed by atoms with Crippen molar-refractivity contribution in [3.63, 3.8) is 0 Å². The lowest BCUT2D eigenvalue weighted by Gasteiger charge is -2.05. The van der Waals surface area contributed by atoms with Crippen LogP contribution in [0.4, 0.5) is 0 Å². The molecule has 0 atom stereocenters. The molecule has 128 valence electrons. The first-order chi connectivity index (χ1) is 12.1. The predicted molar refractivity (Wildman–Crippen MR) is 103 cm³/mol. The van der Waals surface area contributed by atoms with E-state index < -0.39 is 0 Å². The van der Waals surface area contributed by atoms with E-state index in [2.05, 4.69) is 4.99 Å². The fraction of sp³-hybridized carbons (Fsp3) is 0.158. The molecule has 3 aromatic rings. The fourth-order valence-corrected chi connectivity index (χ4v) is 3.69. The fourth-order valence-electron chi connectivity index (χ4n) is 2.45. The van der Waals surface area contributed by atoms with E-state index in [1.54, 1.807) is 12.1 Å². The second-order valence-corrected chi connectivity index (χ2v) is 6.70. The zero-order valence-electron chi connectivity index (χ0n) is 13.9. The predicted octanol–water partition coefficient (Wildman–Crippen LogP) is 4.43. The summed E-state index contributed by atoms with van der Waals surface area (Å²) < 4.78 is 8.57. The van der Waals surface area contributed by atoms with Crippen LogP contribution in [-0.2, 0) is 11.8 Å². The number of carbonyl (C=O) groups is 1. The van der Waals surface area contributed by atoms with Crippen molar-refractivity contribution in [1.29, 1.82) is 0 Å². The van der Waals surface area contributed by atoms with Crippen LogP contribution in [-0.4, -0.2) is 17.1 Å². The number of para-hydroxylation sites is 1. The molecule has 2 aromatic carbocycles. The minimum absolute atomic E-state index is 0.333. The Morgan fingerprint density at radius 2 is 2.08 bits per heavy atom. The minimum Gasteiger partial charge on any atom is -0.492 e. The highest BCUT2D eigenvalue weighted by Crippen LogP contribution is 2.26. The summed E-state index contributed by atoms with van der Waals surface area (Å²) in [6.45, 7) is 2.53. The molecule has 0 aliphatic rings. The van der Waals surface area contributed by atoms with E-state index in [0.717, 1.165) is 21.5 Å². The van der Waals surface area contributed by atoms with Gasteiger partial charge in [0.15, 0.2) is 4.80 Å². The van der Waals surface area contributed by atoms with E-state index >= 15 is 0 Å². The third-order valence-corrected chi connectivity index (χ3v) is 5.04. The van der Waals surface area contributed by atoms with E-state index in [9.17, 15) is 4.79 Å². The number of nitrogens with zero attached hydrogens (tertiary/aromatic N) is 2. The van der Waals surface area contributed by atoms with Gasteiger partial charge < -0.3 is 9.30 Å². The van der Waals surface area contributed by atoms with Crippen LogP contribution in [0.3, 0.4) is 0 Å². The van der Waals surface area contributed by atoms with Gasteiger partial charge in [-0.3, -0.25) is 4.79 Å². The van der Waals surface area contributed by atoms with Gasteiger partial charge in [-0.1, -0.05) is 47.2 Å². The Balaban J connectivity index is 1.96. The number of aryl methyl sites for hydroxylation is 1. The molecule has 0 spiro atoms. The summed E-state index contributed by atoms with van der Waals surface area (Å²) in [4.78, 5) is 17.0. The van der Waals surface area contributed by atoms with Crippen molar-refractivity contribution < 1.29 is 9.53 Å². The van der Waals surface area contributed by atoms with Gasteiger partial charge in [-0.15, -0.1) is 0 Å². The van der Waals surface area contributed by atoms with Gasteiger partial charge in [0, 0.05) is 18.1 Å². The van der Waals surface area contributed by atoms with Gasteiger partial charge >= 0.3 is 0 Å². The van der Waals surface area contributed by atoms with Crippen LogP contribution in [0.5, 0.6) is 5.75 Å². The Morgan fingerprint density at radius 3 is 2.84 bits per heavy atom. The number of thiazole rings is 1. The van der Waals surface area contributed by atoms with E-state index in [0.29, 0.717) is 16.4 Å². The Bertz CT molecular complexity index is 1020. The van der Waals surface area contributed by atoms with Gasteiger partial charge in [-0.2, -0.15) is 4.99 Å². The highest BCUT2D eigenvalue weighted by Gasteiger charge is 2.09. The minimum atomic E-state index is -0.333. The largest absolute Gasteiger partial charge is 0.492 e. The van der Waals surface area contributed by atoms with Gasteiger partial charge in [0.2, 0.25) is 0 Å². The van der Waals surface area contributed by atoms with Crippen molar-refractivity contribution in [3.8, 4) is 5.75 Å². The monoisotopic (exact) mass is 372 g/mol. The van der Waals surface area contributed by atoms with Crippen LogP contribution in [0.25, 0.3) is 16.3 Å². The number of benzene rings is 2. The number of hydrogen-bond donors (Lipinski definition) is 0. The second-order valence-electron chi connectivity index (χ2n) is 5.28. The van der Waals surface area contributed by atoms with Crippen LogP contribution in [0.2, 0.25) is 5.02 Å². The van der Waals surface area contributed by atoms with Crippen molar-refractivity contribution in [2.45, 2.75) is 6.92 Å². The molecule has 6 heteroatoms. The molecule has 0 aliphatic heterocycles. The lowest BCUT2D eigenvalue weighted by Crippen LogP contribution is -2.12. The van der Waals surface area contributed by atoms with Crippen LogP contribution in [0, 0.1) is 0 Å². The maximum atomic E-state index is 12.2. The molecule has 3 rings (SSSR count). The summed E-state index contributed by atoms with van der Waals surface area (Å²) >= 11 is 7.54. The van der Waals surface area contributed by atoms with Gasteiger partial charge in [-0.05, 0) is 36.8 Å². The summed E-state index contributed by atoms with van der Waals surface area (Å²) in [5.41, 5.74) is 1.73. The smallest absolute Gasteiger partial charge is 0.272 e. The third kappa shape index (κ3) is 3.83. The lowest BCUT2D eigenvalue weighted by atomic mass is 10.2. The highest BCUT2D eigenvalue weighted by atomic mass is 35.5. The van der Waals surface area contributed by atoms with Crippen molar-refractivity contribution in [2.75, 3.05) is 6.61 Å². The maximum Gasteiger partial charge on any atom is 0.272 e. The number of aromatic nitrogens is 1. The van der Waals surface area contributed by atoms with E-state index in [-0.39, 0.29) is 5.91 Å². The van der Waals surface area contributed by atoms with E-state index in [1.165, 1.54) is 17.4 Å². The topological polar surface area (TPSA) is 43.6 Å². The average molecular weight is 373 g/mol. The summed E-state index contributed by atoms with van der Waals surface area (Å²) in [6.07, 6.45) is 3.10. The molecule has 0 saturated heterocycles. The lowest BCUT2D eigenvalue weighted by molar-refractivity contribution is -0.113. The highest BCUT2D eigenvalue weighted by molar-refractivity contribution is 7.16. The number of hydrogen-bond acceptors (Lipinski definition) is 3. The molecular formula is C19H17ClN2O2S. The summed E-state index contributed by atoms with van der Waals surface area (Å²) in [5, 5.41) is 0.598. The molecule has 0 saturated carbocycles. The first-order valence-corrected chi connectivity index (χ1v) is 9.02. The molecular weight excluding hydrogens is 356 g/mol. The molecule has 0 unspecified atom stereocenters. The molecule has 1 amide bonds.